The second-order valence-electron chi connectivity index (χ2n) is 8.48. The zero-order chi connectivity index (χ0) is 21.6. The van der Waals surface area contributed by atoms with E-state index in [2.05, 4.69) is 4.98 Å². The second kappa shape index (κ2) is 7.44. The van der Waals surface area contributed by atoms with Crippen molar-refractivity contribution < 1.29 is 23.7 Å². The highest BCUT2D eigenvalue weighted by Crippen LogP contribution is 2.55. The fourth-order valence-electron chi connectivity index (χ4n) is 4.86. The summed E-state index contributed by atoms with van der Waals surface area (Å²) in [6, 6.07) is 10.3. The Morgan fingerprint density at radius 2 is 2.00 bits per heavy atom. The molecular formula is C22H25N3O6. The Morgan fingerprint density at radius 1 is 1.26 bits per heavy atom. The molecule has 1 aromatic carbocycles. The maximum atomic E-state index is 12.5. The van der Waals surface area contributed by atoms with Crippen LogP contribution in [-0.4, -0.2) is 45.7 Å². The summed E-state index contributed by atoms with van der Waals surface area (Å²) in [5.74, 6) is -1.02. The Morgan fingerprint density at radius 3 is 2.71 bits per heavy atom. The van der Waals surface area contributed by atoms with Crippen LogP contribution in [0.4, 0.5) is 5.82 Å². The van der Waals surface area contributed by atoms with Crippen LogP contribution in [-0.2, 0) is 18.9 Å². The van der Waals surface area contributed by atoms with E-state index in [1.807, 2.05) is 13.0 Å². The van der Waals surface area contributed by atoms with Crippen LogP contribution in [0.3, 0.4) is 0 Å². The fourth-order valence-corrected chi connectivity index (χ4v) is 4.86. The highest BCUT2D eigenvalue weighted by molar-refractivity contribution is 5.89. The molecular weight excluding hydrogens is 402 g/mol. The van der Waals surface area contributed by atoms with Gasteiger partial charge in [0.25, 0.3) is 0 Å². The number of esters is 1. The van der Waals surface area contributed by atoms with Crippen LogP contribution in [0.5, 0.6) is 0 Å². The molecule has 31 heavy (non-hydrogen) atoms. The van der Waals surface area contributed by atoms with E-state index in [1.54, 1.807) is 30.5 Å². The number of anilines is 1. The third-order valence-corrected chi connectivity index (χ3v) is 6.30. The number of rotatable bonds is 4. The van der Waals surface area contributed by atoms with Gasteiger partial charge in [0.15, 0.2) is 12.0 Å². The zero-order valence-electron chi connectivity index (χ0n) is 17.2. The van der Waals surface area contributed by atoms with Gasteiger partial charge in [-0.1, -0.05) is 18.2 Å². The van der Waals surface area contributed by atoms with E-state index in [4.69, 9.17) is 24.7 Å². The number of ether oxygens (including phenoxy) is 4. The first kappa shape index (κ1) is 20.2. The van der Waals surface area contributed by atoms with Crippen LogP contribution in [0, 0.1) is 0 Å². The van der Waals surface area contributed by atoms with Gasteiger partial charge in [0, 0.05) is 19.0 Å². The minimum atomic E-state index is -0.949. The molecule has 0 unspecified atom stereocenters. The summed E-state index contributed by atoms with van der Waals surface area (Å²) < 4.78 is 26.0. The number of carbonyl (C=O) groups is 1. The van der Waals surface area contributed by atoms with Crippen molar-refractivity contribution in [3.63, 3.8) is 0 Å². The van der Waals surface area contributed by atoms with Crippen LogP contribution in [0.1, 0.15) is 49.2 Å². The standard InChI is InChI=1S/C22H25N3O6/c1-21-17(30-22(31-21)10-5-6-11-22)15(13-28-18(26)14-7-3-2-4-8-14)29-19(21)25-12-9-16(23)24-20(25)27/h2-4,7-9,12,15,17,19H,5-6,10-11,13H2,1H3,(H2,23,24,27)/t15-,17-,19-,21-/m1/s1. The summed E-state index contributed by atoms with van der Waals surface area (Å²) in [4.78, 5) is 28.8. The lowest BCUT2D eigenvalue weighted by molar-refractivity contribution is -0.232. The Balaban J connectivity index is 1.42. The number of nitrogens with zero attached hydrogens (tertiary/aromatic N) is 2. The van der Waals surface area contributed by atoms with Gasteiger partial charge in [0.05, 0.1) is 5.56 Å². The van der Waals surface area contributed by atoms with Crippen molar-refractivity contribution in [1.82, 2.24) is 9.55 Å². The predicted octanol–water partition coefficient (Wildman–Crippen LogP) is 2.02. The van der Waals surface area contributed by atoms with Crippen LogP contribution in [0.25, 0.3) is 0 Å². The average Bonchev–Trinajstić information content (AvgIpc) is 3.40. The van der Waals surface area contributed by atoms with Crippen molar-refractivity contribution in [2.24, 2.45) is 0 Å². The van der Waals surface area contributed by atoms with Gasteiger partial charge in [-0.05, 0) is 38.0 Å². The highest BCUT2D eigenvalue weighted by Gasteiger charge is 2.67. The summed E-state index contributed by atoms with van der Waals surface area (Å²) in [7, 11) is 0. The van der Waals surface area contributed by atoms with Gasteiger partial charge in [-0.3, -0.25) is 4.57 Å². The minimum Gasteiger partial charge on any atom is -0.459 e. The second-order valence-corrected chi connectivity index (χ2v) is 8.48. The summed E-state index contributed by atoms with van der Waals surface area (Å²) in [6.45, 7) is 1.85. The van der Waals surface area contributed by atoms with E-state index in [0.717, 1.165) is 25.7 Å². The lowest BCUT2D eigenvalue weighted by Gasteiger charge is -2.31. The molecule has 3 aliphatic rings. The number of benzene rings is 1. The van der Waals surface area contributed by atoms with Crippen LogP contribution in [0.15, 0.2) is 47.4 Å². The molecule has 2 saturated heterocycles. The Hall–Kier alpha value is -2.75. The molecule has 9 heteroatoms. The minimum absolute atomic E-state index is 0.0267. The maximum absolute atomic E-state index is 12.5. The van der Waals surface area contributed by atoms with E-state index >= 15 is 0 Å². The van der Waals surface area contributed by atoms with Gasteiger partial charge in [0.2, 0.25) is 0 Å². The quantitative estimate of drug-likeness (QED) is 0.737. The van der Waals surface area contributed by atoms with Gasteiger partial charge >= 0.3 is 11.7 Å². The van der Waals surface area contributed by atoms with E-state index < -0.39 is 41.5 Å². The van der Waals surface area contributed by atoms with Gasteiger partial charge in [-0.25, -0.2) is 9.59 Å². The third kappa shape index (κ3) is 3.42. The highest BCUT2D eigenvalue weighted by atomic mass is 16.8. The summed E-state index contributed by atoms with van der Waals surface area (Å²) in [6.07, 6.45) is 3.19. The van der Waals surface area contributed by atoms with Crippen LogP contribution < -0.4 is 11.4 Å². The SMILES string of the molecule is C[C@@]12OC3(CCCC3)O[C@@H]1[C@@H](COC(=O)c1ccccc1)O[C@H]2n1ccc(N)nc1=O. The van der Waals surface area contributed by atoms with E-state index in [0.29, 0.717) is 5.56 Å². The molecule has 2 aliphatic heterocycles. The lowest BCUT2D eigenvalue weighted by atomic mass is 9.96. The molecule has 4 atom stereocenters. The Bertz CT molecular complexity index is 1040. The fraction of sp³-hybridized carbons (Fsp3) is 0.500. The van der Waals surface area contributed by atoms with E-state index in [9.17, 15) is 9.59 Å². The smallest absolute Gasteiger partial charge is 0.351 e. The molecule has 0 bridgehead atoms. The number of aromatic nitrogens is 2. The Labute approximate surface area is 179 Å². The first-order valence-electron chi connectivity index (χ1n) is 10.5. The summed E-state index contributed by atoms with van der Waals surface area (Å²) in [5.41, 5.74) is 4.61. The topological polar surface area (TPSA) is 115 Å². The number of nitrogen functional groups attached to an aromatic ring is 1. The molecule has 1 saturated carbocycles. The van der Waals surface area contributed by atoms with Gasteiger partial charge < -0.3 is 24.7 Å². The number of carbonyl (C=O) groups excluding carboxylic acids is 1. The molecule has 0 radical (unpaired) electrons. The van der Waals surface area contributed by atoms with Crippen LogP contribution >= 0.6 is 0 Å². The van der Waals surface area contributed by atoms with Crippen molar-refractivity contribution in [2.45, 2.75) is 62.4 Å². The molecule has 5 rings (SSSR count). The molecule has 0 amide bonds. The number of nitrogens with two attached hydrogens (primary N) is 1. The van der Waals surface area contributed by atoms with Gasteiger partial charge in [-0.15, -0.1) is 0 Å². The number of fused-ring (bicyclic) bond motifs is 1. The molecule has 1 aliphatic carbocycles. The molecule has 164 valence electrons. The van der Waals surface area contributed by atoms with Crippen molar-refractivity contribution in [1.29, 1.82) is 0 Å². The molecule has 1 aromatic heterocycles. The van der Waals surface area contributed by atoms with Crippen molar-refractivity contribution >= 4 is 11.8 Å². The summed E-state index contributed by atoms with van der Waals surface area (Å²) in [5, 5.41) is 0. The maximum Gasteiger partial charge on any atom is 0.351 e. The predicted molar refractivity (Wildman–Crippen MR) is 109 cm³/mol. The molecule has 3 heterocycles. The first-order valence-corrected chi connectivity index (χ1v) is 10.5. The average molecular weight is 427 g/mol. The van der Waals surface area contributed by atoms with Crippen molar-refractivity contribution in [3.8, 4) is 0 Å². The van der Waals surface area contributed by atoms with Crippen molar-refractivity contribution in [2.75, 3.05) is 12.3 Å². The van der Waals surface area contributed by atoms with E-state index in [1.165, 1.54) is 10.6 Å². The first-order chi connectivity index (χ1) is 14.9. The normalized spacial score (nSPS) is 31.1. The summed E-state index contributed by atoms with van der Waals surface area (Å²) >= 11 is 0. The van der Waals surface area contributed by atoms with Crippen LogP contribution in [0.2, 0.25) is 0 Å². The monoisotopic (exact) mass is 427 g/mol. The number of hydrogen-bond acceptors (Lipinski definition) is 8. The molecule has 2 aromatic rings. The van der Waals surface area contributed by atoms with E-state index in [-0.39, 0.29) is 12.4 Å². The number of hydrogen-bond donors (Lipinski definition) is 1. The molecule has 1 spiro atoms. The molecule has 3 fully saturated rings. The van der Waals surface area contributed by atoms with Crippen molar-refractivity contribution in [3.05, 3.63) is 58.6 Å². The van der Waals surface area contributed by atoms with Gasteiger partial charge in [0.1, 0.15) is 30.2 Å². The van der Waals surface area contributed by atoms with Gasteiger partial charge in [-0.2, -0.15) is 4.98 Å². The largest absolute Gasteiger partial charge is 0.459 e. The zero-order valence-corrected chi connectivity index (χ0v) is 17.2. The molecule has 2 N–H and O–H groups in total. The Kier molecular flexibility index (Phi) is 4.84. The third-order valence-electron chi connectivity index (χ3n) is 6.30. The molecule has 9 nitrogen and oxygen atoms in total. The lowest BCUT2D eigenvalue weighted by Crippen LogP contribution is -2.45.